The van der Waals surface area contributed by atoms with Gasteiger partial charge in [-0.2, -0.15) is 0 Å². The van der Waals surface area contributed by atoms with Gasteiger partial charge in [0.2, 0.25) is 5.91 Å². The van der Waals surface area contributed by atoms with E-state index in [1.165, 1.54) is 6.20 Å². The van der Waals surface area contributed by atoms with Gasteiger partial charge < -0.3 is 15.8 Å². The van der Waals surface area contributed by atoms with Crippen LogP contribution < -0.4 is 15.8 Å². The Hall–Kier alpha value is -3.72. The number of aliphatic imine (C=N–C) groups is 1. The predicted octanol–water partition coefficient (Wildman–Crippen LogP) is 4.60. The van der Waals surface area contributed by atoms with Gasteiger partial charge >= 0.3 is 0 Å². The number of nitrogens with one attached hydrogen (secondary N) is 1. The maximum Gasteiger partial charge on any atom is 0.228 e. The first-order valence-corrected chi connectivity index (χ1v) is 13.7. The van der Waals surface area contributed by atoms with Crippen molar-refractivity contribution in [2.45, 2.75) is 62.6 Å². The van der Waals surface area contributed by atoms with E-state index in [4.69, 9.17) is 10.5 Å². The molecule has 1 aromatic heterocycles. The fraction of sp³-hybridized carbons (Fsp3) is 0.321. The van der Waals surface area contributed by atoms with Gasteiger partial charge in [0.15, 0.2) is 9.84 Å². The number of amides is 1. The van der Waals surface area contributed by atoms with E-state index in [1.807, 2.05) is 39.8 Å². The first-order chi connectivity index (χ1) is 17.5. The number of carbonyl (C=O) groups excluding carboxylic acids is 1. The van der Waals surface area contributed by atoms with Crippen LogP contribution in [0.15, 0.2) is 70.4 Å². The average Bonchev–Trinajstić information content (AvgIpc) is 3.69. The molecule has 3 aromatic rings. The second-order valence-corrected chi connectivity index (χ2v) is 12.4. The number of hydrogen-bond donors (Lipinski definition) is 2. The highest BCUT2D eigenvalue weighted by Crippen LogP contribution is 2.37. The van der Waals surface area contributed by atoms with Crippen molar-refractivity contribution in [3.8, 4) is 11.5 Å². The lowest BCUT2D eigenvalue weighted by Crippen LogP contribution is -2.26. The molecule has 1 aliphatic rings. The van der Waals surface area contributed by atoms with Crippen LogP contribution in [0.1, 0.15) is 44.7 Å². The van der Waals surface area contributed by atoms with E-state index >= 15 is 0 Å². The fourth-order valence-corrected chi connectivity index (χ4v) is 5.44. The molecule has 8 nitrogen and oxygen atoms in total. The molecule has 0 saturated heterocycles. The number of carbonyl (C=O) groups is 1. The van der Waals surface area contributed by atoms with E-state index < -0.39 is 9.84 Å². The minimum atomic E-state index is -3.34. The molecule has 0 unspecified atom stereocenters. The highest BCUT2D eigenvalue weighted by atomic mass is 32.2. The number of fused-ring (bicyclic) bond motifs is 1. The van der Waals surface area contributed by atoms with Gasteiger partial charge in [-0.15, -0.1) is 0 Å². The summed E-state index contributed by atoms with van der Waals surface area (Å²) >= 11 is 0. The number of aromatic nitrogens is 1. The van der Waals surface area contributed by atoms with E-state index in [1.54, 1.807) is 42.7 Å². The molecule has 37 heavy (non-hydrogen) atoms. The minimum absolute atomic E-state index is 0.155. The molecule has 1 saturated carbocycles. The maximum atomic E-state index is 12.7. The molecule has 1 fully saturated rings. The van der Waals surface area contributed by atoms with E-state index in [0.29, 0.717) is 40.9 Å². The molecular formula is C28H32N4O4S. The zero-order valence-corrected chi connectivity index (χ0v) is 22.3. The lowest BCUT2D eigenvalue weighted by Gasteiger charge is -2.14. The first-order valence-electron chi connectivity index (χ1n) is 12.1. The molecular weight excluding hydrogens is 488 g/mol. The molecule has 1 amide bonds. The summed E-state index contributed by atoms with van der Waals surface area (Å²) in [6.07, 6.45) is 6.06. The van der Waals surface area contributed by atoms with Crippen molar-refractivity contribution in [1.29, 1.82) is 0 Å². The summed E-state index contributed by atoms with van der Waals surface area (Å²) in [4.78, 5) is 21.6. The van der Waals surface area contributed by atoms with E-state index in [0.717, 1.165) is 11.1 Å². The SMILES string of the molecule is Cc1cc(CC(=O)N/C(C=NC(C)(C)C)=C/N)ccc1Oc1ccnc2ccc(S(=O)(=O)C3CC3)cc12. The number of allylic oxidation sites excluding steroid dienone is 1. The molecule has 1 aliphatic carbocycles. The second-order valence-electron chi connectivity index (χ2n) is 10.2. The number of ether oxygens (including phenoxy) is 1. The van der Waals surface area contributed by atoms with E-state index in [2.05, 4.69) is 15.3 Å². The Morgan fingerprint density at radius 3 is 2.57 bits per heavy atom. The standard InChI is InChI=1S/C28H32N4O4S/c1-18-13-19(14-27(33)32-20(16-29)17-31-28(2,3)4)5-10-25(18)36-26-11-12-30-24-9-8-22(15-23(24)26)37(34,35)21-6-7-21/h5,8-13,15-17,21H,6-7,14,29H2,1-4H3,(H,32,33)/b20-16+,31-17?. The van der Waals surface area contributed by atoms with Crippen LogP contribution in [-0.4, -0.2) is 36.3 Å². The van der Waals surface area contributed by atoms with Crippen LogP contribution in [0, 0.1) is 6.92 Å². The van der Waals surface area contributed by atoms with Crippen molar-refractivity contribution in [2.75, 3.05) is 0 Å². The monoisotopic (exact) mass is 520 g/mol. The van der Waals surface area contributed by atoms with Crippen molar-refractivity contribution < 1.29 is 17.9 Å². The highest BCUT2D eigenvalue weighted by Gasteiger charge is 2.37. The molecule has 0 radical (unpaired) electrons. The summed E-state index contributed by atoms with van der Waals surface area (Å²) in [5.41, 5.74) is 8.08. The first kappa shape index (κ1) is 26.3. The number of aryl methyl sites for hydroxylation is 1. The topological polar surface area (TPSA) is 124 Å². The van der Waals surface area contributed by atoms with Crippen LogP contribution >= 0.6 is 0 Å². The number of hydrogen-bond acceptors (Lipinski definition) is 7. The Bertz CT molecular complexity index is 1500. The quantitative estimate of drug-likeness (QED) is 0.419. The Morgan fingerprint density at radius 1 is 1.16 bits per heavy atom. The Labute approximate surface area is 217 Å². The number of nitrogens with zero attached hydrogens (tertiary/aromatic N) is 2. The molecule has 0 spiro atoms. The van der Waals surface area contributed by atoms with Crippen molar-refractivity contribution in [3.05, 3.63) is 71.7 Å². The van der Waals surface area contributed by atoms with Crippen LogP contribution in [0.2, 0.25) is 0 Å². The molecule has 0 aliphatic heterocycles. The molecule has 3 N–H and O–H groups in total. The Balaban J connectivity index is 1.50. The number of pyridine rings is 1. The van der Waals surface area contributed by atoms with Crippen LogP contribution in [0.3, 0.4) is 0 Å². The molecule has 4 rings (SSSR count). The minimum Gasteiger partial charge on any atom is -0.456 e. The van der Waals surface area contributed by atoms with Gasteiger partial charge in [0.25, 0.3) is 0 Å². The third-order valence-corrected chi connectivity index (χ3v) is 8.10. The molecule has 1 heterocycles. The fourth-order valence-electron chi connectivity index (χ4n) is 3.76. The number of nitrogens with two attached hydrogens (primary N) is 1. The van der Waals surface area contributed by atoms with Crippen LogP contribution in [0.25, 0.3) is 10.9 Å². The number of rotatable bonds is 8. The summed E-state index contributed by atoms with van der Waals surface area (Å²) in [6.45, 7) is 7.76. The van der Waals surface area contributed by atoms with Crippen molar-refractivity contribution in [1.82, 2.24) is 10.3 Å². The highest BCUT2D eigenvalue weighted by molar-refractivity contribution is 7.92. The smallest absolute Gasteiger partial charge is 0.228 e. The number of sulfone groups is 1. The van der Waals surface area contributed by atoms with E-state index in [9.17, 15) is 13.2 Å². The van der Waals surface area contributed by atoms with Crippen molar-refractivity contribution >= 4 is 32.9 Å². The molecule has 0 bridgehead atoms. The van der Waals surface area contributed by atoms with Crippen LogP contribution in [0.5, 0.6) is 11.5 Å². The predicted molar refractivity (Wildman–Crippen MR) is 146 cm³/mol. The Morgan fingerprint density at radius 2 is 1.92 bits per heavy atom. The second kappa shape index (κ2) is 10.3. The lowest BCUT2D eigenvalue weighted by molar-refractivity contribution is -0.119. The van der Waals surface area contributed by atoms with Gasteiger partial charge in [0.05, 0.1) is 33.3 Å². The van der Waals surface area contributed by atoms with Crippen molar-refractivity contribution in [2.24, 2.45) is 10.7 Å². The molecule has 0 atom stereocenters. The van der Waals surface area contributed by atoms with Crippen LogP contribution in [0.4, 0.5) is 0 Å². The van der Waals surface area contributed by atoms with Gasteiger partial charge in [-0.25, -0.2) is 8.42 Å². The van der Waals surface area contributed by atoms with Gasteiger partial charge in [-0.1, -0.05) is 12.1 Å². The van der Waals surface area contributed by atoms with Crippen molar-refractivity contribution in [3.63, 3.8) is 0 Å². The van der Waals surface area contributed by atoms with Crippen LogP contribution in [-0.2, 0) is 21.1 Å². The van der Waals surface area contributed by atoms with E-state index in [-0.39, 0.29) is 28.0 Å². The lowest BCUT2D eigenvalue weighted by atomic mass is 10.1. The largest absolute Gasteiger partial charge is 0.456 e. The molecule has 2 aromatic carbocycles. The zero-order valence-electron chi connectivity index (χ0n) is 21.5. The summed E-state index contributed by atoms with van der Waals surface area (Å²) in [5, 5.41) is 3.11. The third-order valence-electron chi connectivity index (χ3n) is 5.84. The normalized spacial score (nSPS) is 14.8. The summed E-state index contributed by atoms with van der Waals surface area (Å²) in [6, 6.07) is 12.2. The van der Waals surface area contributed by atoms with Gasteiger partial charge in [0.1, 0.15) is 11.5 Å². The maximum absolute atomic E-state index is 12.7. The molecule has 9 heteroatoms. The summed E-state index contributed by atoms with van der Waals surface area (Å²) < 4.78 is 31.7. The third kappa shape index (κ3) is 6.54. The van der Waals surface area contributed by atoms with Gasteiger partial charge in [-0.05, 0) is 82.0 Å². The molecule has 194 valence electrons. The number of benzene rings is 2. The van der Waals surface area contributed by atoms with Gasteiger partial charge in [0, 0.05) is 24.0 Å². The summed E-state index contributed by atoms with van der Waals surface area (Å²) in [7, 11) is -3.34. The van der Waals surface area contributed by atoms with Gasteiger partial charge in [-0.3, -0.25) is 14.8 Å². The zero-order chi connectivity index (χ0) is 26.8. The average molecular weight is 521 g/mol. The summed E-state index contributed by atoms with van der Waals surface area (Å²) in [5.74, 6) is 0.906. The Kier molecular flexibility index (Phi) is 7.36.